The lowest BCUT2D eigenvalue weighted by Gasteiger charge is -2.12. The van der Waals surface area contributed by atoms with Crippen LogP contribution < -0.4 is 9.47 Å². The Morgan fingerprint density at radius 3 is 1.29 bits per heavy atom. The number of halogens is 6. The molecule has 0 amide bonds. The molecule has 0 radical (unpaired) electrons. The number of carbonyl (C=O) groups excluding carboxylic acids is 3. The predicted molar refractivity (Wildman–Crippen MR) is 230 cm³/mol. The molecule has 0 unspecified atom stereocenters. The van der Waals surface area contributed by atoms with Crippen molar-refractivity contribution in [3.63, 3.8) is 0 Å². The van der Waals surface area contributed by atoms with E-state index < -0.39 is 47.3 Å². The summed E-state index contributed by atoms with van der Waals surface area (Å²) in [5, 5.41) is 11.9. The van der Waals surface area contributed by atoms with Gasteiger partial charge in [-0.2, -0.15) is 26.3 Å². The predicted octanol–water partition coefficient (Wildman–Crippen LogP) is 11.9. The molecule has 0 saturated carbocycles. The number of oxime groups is 1. The van der Waals surface area contributed by atoms with Gasteiger partial charge in [0.15, 0.2) is 0 Å². The van der Waals surface area contributed by atoms with Gasteiger partial charge >= 0.3 is 24.3 Å². The average molecular weight is 900 g/mol. The topological polar surface area (TPSA) is 121 Å². The Labute approximate surface area is 370 Å². The summed E-state index contributed by atoms with van der Waals surface area (Å²) in [6.45, 7) is 0.518. The second kappa shape index (κ2) is 22.8. The molecule has 65 heavy (non-hydrogen) atoms. The van der Waals surface area contributed by atoms with Crippen molar-refractivity contribution < 1.29 is 64.9 Å². The van der Waals surface area contributed by atoms with E-state index in [1.54, 1.807) is 48.5 Å². The third-order valence-electron chi connectivity index (χ3n) is 10.0. The molecule has 0 fully saturated rings. The van der Waals surface area contributed by atoms with Crippen molar-refractivity contribution in [3.8, 4) is 33.8 Å². The highest BCUT2D eigenvalue weighted by Crippen LogP contribution is 2.33. The molecule has 9 nitrogen and oxygen atoms in total. The van der Waals surface area contributed by atoms with Crippen molar-refractivity contribution in [3.05, 3.63) is 179 Å². The zero-order valence-electron chi connectivity index (χ0n) is 35.0. The Hall–Kier alpha value is -7.42. The largest absolute Gasteiger partial charge is 0.489 e. The molecule has 0 bridgehead atoms. The summed E-state index contributed by atoms with van der Waals surface area (Å²) >= 11 is 0. The van der Waals surface area contributed by atoms with Gasteiger partial charge in [0.1, 0.15) is 31.0 Å². The lowest BCUT2D eigenvalue weighted by molar-refractivity contribution is -0.142. The summed E-state index contributed by atoms with van der Waals surface area (Å²) in [5.41, 5.74) is 4.69. The molecule has 1 N–H and O–H groups in total. The first-order chi connectivity index (χ1) is 31.1. The van der Waals surface area contributed by atoms with Crippen molar-refractivity contribution in [1.29, 1.82) is 0 Å². The molecule has 2 atom stereocenters. The van der Waals surface area contributed by atoms with E-state index in [-0.39, 0.29) is 26.1 Å². The minimum atomic E-state index is -4.37. The first-order valence-electron chi connectivity index (χ1n) is 19.8. The highest BCUT2D eigenvalue weighted by Gasteiger charge is 2.31. The number of aldehydes is 1. The number of rotatable bonds is 16. The van der Waals surface area contributed by atoms with Crippen LogP contribution in [-0.2, 0) is 49.4 Å². The number of hydrogen-bond acceptors (Lipinski definition) is 9. The molecular formula is C50H43F6NO8. The van der Waals surface area contributed by atoms with Crippen molar-refractivity contribution in [1.82, 2.24) is 0 Å². The smallest absolute Gasteiger partial charge is 0.416 e. The summed E-state index contributed by atoms with van der Waals surface area (Å²) in [6.07, 6.45) is -6.75. The molecule has 0 saturated heterocycles. The number of alkyl halides is 6. The molecule has 0 aliphatic heterocycles. The van der Waals surface area contributed by atoms with E-state index >= 15 is 0 Å². The van der Waals surface area contributed by atoms with Crippen LogP contribution in [0, 0.1) is 0 Å². The second-order valence-corrected chi connectivity index (χ2v) is 14.4. The second-order valence-electron chi connectivity index (χ2n) is 14.4. The van der Waals surface area contributed by atoms with Gasteiger partial charge in [-0.25, -0.2) is 0 Å². The normalized spacial score (nSPS) is 12.3. The van der Waals surface area contributed by atoms with Crippen LogP contribution in [0.1, 0.15) is 58.1 Å². The molecular weight excluding hydrogens is 857 g/mol. The SMILES string of the molecule is COC(=O)C[C@H](C=NO)c1ccc(OCc2cccc(-c3ccc(C(F)(F)F)cc3)c2)cc1.COC(=O)C[C@H](C=O)c1ccc(OCc2cccc(-c3ccc(C(F)(F)F)cc3)c2)cc1. The van der Waals surface area contributed by atoms with E-state index in [9.17, 15) is 40.7 Å². The van der Waals surface area contributed by atoms with Gasteiger partial charge in [0.2, 0.25) is 0 Å². The number of hydrogen-bond donors (Lipinski definition) is 1. The Morgan fingerprint density at radius 2 is 0.938 bits per heavy atom. The van der Waals surface area contributed by atoms with E-state index in [0.29, 0.717) is 34.5 Å². The molecule has 6 rings (SSSR count). The van der Waals surface area contributed by atoms with E-state index in [1.165, 1.54) is 44.7 Å². The first-order valence-corrected chi connectivity index (χ1v) is 19.8. The molecule has 338 valence electrons. The molecule has 6 aromatic rings. The van der Waals surface area contributed by atoms with Crippen LogP contribution in [0.3, 0.4) is 0 Å². The number of benzene rings is 6. The molecule has 0 spiro atoms. The fourth-order valence-corrected chi connectivity index (χ4v) is 6.45. The summed E-state index contributed by atoms with van der Waals surface area (Å²) in [4.78, 5) is 34.2. The van der Waals surface area contributed by atoms with Crippen LogP contribution in [0.2, 0.25) is 0 Å². The van der Waals surface area contributed by atoms with Gasteiger partial charge in [0.05, 0.1) is 50.3 Å². The summed E-state index contributed by atoms with van der Waals surface area (Å²) < 4.78 is 97.5. The monoisotopic (exact) mass is 899 g/mol. The van der Waals surface area contributed by atoms with Crippen LogP contribution in [0.5, 0.6) is 11.5 Å². The van der Waals surface area contributed by atoms with Gasteiger partial charge in [0, 0.05) is 5.92 Å². The van der Waals surface area contributed by atoms with Gasteiger partial charge in [-0.3, -0.25) is 9.59 Å². The molecule has 0 aliphatic carbocycles. The van der Waals surface area contributed by atoms with Crippen LogP contribution in [0.15, 0.2) is 151 Å². The zero-order valence-corrected chi connectivity index (χ0v) is 35.0. The van der Waals surface area contributed by atoms with E-state index in [1.807, 2.05) is 48.5 Å². The van der Waals surface area contributed by atoms with Crippen LogP contribution in [0.25, 0.3) is 22.3 Å². The maximum absolute atomic E-state index is 12.8. The van der Waals surface area contributed by atoms with Crippen LogP contribution in [-0.4, -0.2) is 43.9 Å². The van der Waals surface area contributed by atoms with Crippen LogP contribution in [0.4, 0.5) is 26.3 Å². The van der Waals surface area contributed by atoms with Gasteiger partial charge < -0.3 is 28.9 Å². The standard InChI is InChI=1S/C25H22F3NO4.C25H21F3O4/c1-32-24(30)14-21(15-29-31)19-7-11-23(12-8-19)33-16-17-3-2-4-20(13-17)18-5-9-22(10-6-18)25(26,27)28;1-31-24(30)14-21(15-29)19-7-11-23(12-8-19)32-16-17-3-2-4-20(13-17)18-5-9-22(10-6-18)25(26,27)28/h2-13,15,21,31H,14,16H2,1H3;2-13,15,21H,14,16H2,1H3/t2*21-/m11/s1. The molecule has 0 aliphatic rings. The van der Waals surface area contributed by atoms with E-state index in [2.05, 4.69) is 14.6 Å². The van der Waals surface area contributed by atoms with Crippen molar-refractivity contribution in [2.45, 2.75) is 50.2 Å². The zero-order chi connectivity index (χ0) is 47.0. The number of carbonyl (C=O) groups is 3. The third kappa shape index (κ3) is 14.6. The Bertz CT molecular complexity index is 2510. The maximum Gasteiger partial charge on any atom is 0.416 e. The Morgan fingerprint density at radius 1 is 0.554 bits per heavy atom. The minimum Gasteiger partial charge on any atom is -0.489 e. The van der Waals surface area contributed by atoms with Gasteiger partial charge in [-0.05, 0) is 105 Å². The molecule has 0 aromatic heterocycles. The van der Waals surface area contributed by atoms with Crippen molar-refractivity contribution in [2.24, 2.45) is 5.16 Å². The number of ether oxygens (including phenoxy) is 4. The third-order valence-corrected chi connectivity index (χ3v) is 10.0. The van der Waals surface area contributed by atoms with Crippen molar-refractivity contribution >= 4 is 24.4 Å². The van der Waals surface area contributed by atoms with Gasteiger partial charge in [-0.15, -0.1) is 5.16 Å². The van der Waals surface area contributed by atoms with Crippen molar-refractivity contribution in [2.75, 3.05) is 14.2 Å². The van der Waals surface area contributed by atoms with E-state index in [4.69, 9.17) is 14.7 Å². The lowest BCUT2D eigenvalue weighted by Crippen LogP contribution is -2.10. The highest BCUT2D eigenvalue weighted by atomic mass is 19.4. The quantitative estimate of drug-likeness (QED) is 0.0255. The lowest BCUT2D eigenvalue weighted by atomic mass is 9.97. The number of methoxy groups -OCH3 is 2. The van der Waals surface area contributed by atoms with E-state index in [0.717, 1.165) is 52.1 Å². The maximum atomic E-state index is 12.8. The number of esters is 2. The highest BCUT2D eigenvalue weighted by molar-refractivity contribution is 5.79. The van der Waals surface area contributed by atoms with Crippen LogP contribution >= 0.6 is 0 Å². The molecule has 15 heteroatoms. The fourth-order valence-electron chi connectivity index (χ4n) is 6.45. The van der Waals surface area contributed by atoms with Gasteiger partial charge in [-0.1, -0.05) is 84.9 Å². The van der Waals surface area contributed by atoms with Gasteiger partial charge in [0.25, 0.3) is 0 Å². The Kier molecular flexibility index (Phi) is 17.0. The first kappa shape index (κ1) is 48.6. The fraction of sp³-hybridized carbons (Fsp3) is 0.200. The molecule has 0 heterocycles. The Balaban J connectivity index is 0.000000244. The average Bonchev–Trinajstić information content (AvgIpc) is 3.32. The summed E-state index contributed by atoms with van der Waals surface area (Å²) in [5.74, 6) is -0.731. The number of nitrogens with zero attached hydrogens (tertiary/aromatic N) is 1. The summed E-state index contributed by atoms with van der Waals surface area (Å²) in [7, 11) is 2.56. The summed E-state index contributed by atoms with van der Waals surface area (Å²) in [6, 6.07) is 38.6. The molecule has 6 aromatic carbocycles. The minimum absolute atomic E-state index is 0.0308.